The van der Waals surface area contributed by atoms with Crippen LogP contribution >= 0.6 is 0 Å². The van der Waals surface area contributed by atoms with Gasteiger partial charge in [-0.3, -0.25) is 14.9 Å². The van der Waals surface area contributed by atoms with Crippen LogP contribution in [0.1, 0.15) is 41.0 Å². The van der Waals surface area contributed by atoms with Crippen molar-refractivity contribution in [2.24, 2.45) is 0 Å². The Bertz CT molecular complexity index is 767. The molecule has 124 valence electrons. The van der Waals surface area contributed by atoms with Gasteiger partial charge in [-0.2, -0.15) is 0 Å². The van der Waals surface area contributed by atoms with Crippen LogP contribution in [0.2, 0.25) is 0 Å². The minimum absolute atomic E-state index is 0.0133. The van der Waals surface area contributed by atoms with Gasteiger partial charge in [0.05, 0.1) is 10.8 Å². The maximum atomic E-state index is 11.7. The summed E-state index contributed by atoms with van der Waals surface area (Å²) in [5, 5.41) is 20.3. The van der Waals surface area contributed by atoms with E-state index in [1.807, 2.05) is 12.1 Å². The molecule has 0 saturated carbocycles. The molecule has 2 aromatic rings. The van der Waals surface area contributed by atoms with Gasteiger partial charge >= 0.3 is 5.97 Å². The van der Waals surface area contributed by atoms with E-state index in [1.165, 1.54) is 29.7 Å². The van der Waals surface area contributed by atoms with E-state index in [9.17, 15) is 20.0 Å². The number of benzene rings is 2. The molecular weight excluding hydrogens is 306 g/mol. The first-order chi connectivity index (χ1) is 11.5. The molecule has 0 heterocycles. The zero-order chi connectivity index (χ0) is 17.1. The molecule has 1 unspecified atom stereocenters. The van der Waals surface area contributed by atoms with Gasteiger partial charge in [-0.25, -0.2) is 0 Å². The van der Waals surface area contributed by atoms with E-state index >= 15 is 0 Å². The molecule has 0 radical (unpaired) electrons. The number of carboxylic acid groups (broad SMARTS) is 1. The molecule has 0 aliphatic heterocycles. The molecule has 1 aliphatic rings. The first kappa shape index (κ1) is 16.2. The summed E-state index contributed by atoms with van der Waals surface area (Å²) in [4.78, 5) is 22.0. The van der Waals surface area contributed by atoms with Crippen molar-refractivity contribution in [1.82, 2.24) is 0 Å². The lowest BCUT2D eigenvalue weighted by Crippen LogP contribution is -2.15. The van der Waals surface area contributed by atoms with Crippen molar-refractivity contribution in [3.63, 3.8) is 0 Å². The van der Waals surface area contributed by atoms with Crippen LogP contribution in [0.25, 0.3) is 0 Å². The summed E-state index contributed by atoms with van der Waals surface area (Å²) < 4.78 is 0. The summed E-state index contributed by atoms with van der Waals surface area (Å²) in [6.45, 7) is 0. The van der Waals surface area contributed by atoms with Gasteiger partial charge in [0, 0.05) is 12.1 Å². The quantitative estimate of drug-likeness (QED) is 0.668. The normalized spacial score (nSPS) is 14.7. The number of aryl methyl sites for hydroxylation is 2. The van der Waals surface area contributed by atoms with Gasteiger partial charge in [0.25, 0.3) is 5.69 Å². The van der Waals surface area contributed by atoms with E-state index in [1.54, 1.807) is 12.1 Å². The van der Waals surface area contributed by atoms with Crippen molar-refractivity contribution in [3.8, 4) is 0 Å². The van der Waals surface area contributed by atoms with Crippen LogP contribution in [0.15, 0.2) is 42.5 Å². The molecule has 3 rings (SSSR count). The summed E-state index contributed by atoms with van der Waals surface area (Å²) in [5.41, 5.74) is 4.19. The van der Waals surface area contributed by atoms with Crippen molar-refractivity contribution >= 4 is 11.7 Å². The predicted octanol–water partition coefficient (Wildman–Crippen LogP) is 3.88. The average molecular weight is 325 g/mol. The van der Waals surface area contributed by atoms with Crippen molar-refractivity contribution < 1.29 is 14.8 Å². The summed E-state index contributed by atoms with van der Waals surface area (Å²) in [5.74, 6) is -1.51. The topological polar surface area (TPSA) is 80.4 Å². The number of carbonyl (C=O) groups is 1. The van der Waals surface area contributed by atoms with Crippen molar-refractivity contribution in [3.05, 3.63) is 74.8 Å². The molecule has 0 bridgehead atoms. The first-order valence-corrected chi connectivity index (χ1v) is 8.12. The Morgan fingerprint density at radius 2 is 1.75 bits per heavy atom. The van der Waals surface area contributed by atoms with Crippen LogP contribution in [0.5, 0.6) is 0 Å². The Hall–Kier alpha value is -2.69. The number of nitro benzene ring substituents is 1. The van der Waals surface area contributed by atoms with Gasteiger partial charge in [-0.1, -0.05) is 30.3 Å². The molecule has 5 heteroatoms. The third-order valence-corrected chi connectivity index (χ3v) is 4.66. The number of non-ortho nitro benzene ring substituents is 1. The SMILES string of the molecule is O=C(O)C(Cc1ccc([N+](=O)[O-])cc1)c1ccc2c(c1)CCCC2. The molecular formula is C19H19NO4. The second kappa shape index (κ2) is 6.83. The van der Waals surface area contributed by atoms with E-state index in [0.29, 0.717) is 6.42 Å². The van der Waals surface area contributed by atoms with Crippen LogP contribution < -0.4 is 0 Å². The molecule has 1 aliphatic carbocycles. The zero-order valence-electron chi connectivity index (χ0n) is 13.3. The summed E-state index contributed by atoms with van der Waals surface area (Å²) >= 11 is 0. The van der Waals surface area contributed by atoms with Crippen LogP contribution in [0.3, 0.4) is 0 Å². The van der Waals surface area contributed by atoms with Crippen LogP contribution in [0.4, 0.5) is 5.69 Å². The van der Waals surface area contributed by atoms with Crippen molar-refractivity contribution in [1.29, 1.82) is 0 Å². The third kappa shape index (κ3) is 3.45. The number of hydrogen-bond donors (Lipinski definition) is 1. The number of hydrogen-bond acceptors (Lipinski definition) is 3. The number of aliphatic carboxylic acids is 1. The Labute approximate surface area is 140 Å². The Balaban J connectivity index is 1.84. The Morgan fingerprint density at radius 3 is 2.38 bits per heavy atom. The van der Waals surface area contributed by atoms with E-state index in [2.05, 4.69) is 6.07 Å². The minimum atomic E-state index is -0.871. The highest BCUT2D eigenvalue weighted by Gasteiger charge is 2.22. The lowest BCUT2D eigenvalue weighted by molar-refractivity contribution is -0.384. The zero-order valence-corrected chi connectivity index (χ0v) is 13.3. The Kier molecular flexibility index (Phi) is 4.60. The molecule has 1 atom stereocenters. The second-order valence-corrected chi connectivity index (χ2v) is 6.25. The van der Waals surface area contributed by atoms with Gasteiger partial charge < -0.3 is 5.11 Å². The number of nitrogens with zero attached hydrogens (tertiary/aromatic N) is 1. The second-order valence-electron chi connectivity index (χ2n) is 6.25. The van der Waals surface area contributed by atoms with Crippen molar-refractivity contribution in [2.45, 2.75) is 38.0 Å². The fourth-order valence-corrected chi connectivity index (χ4v) is 3.31. The fourth-order valence-electron chi connectivity index (χ4n) is 3.31. The number of nitro groups is 1. The molecule has 0 fully saturated rings. The van der Waals surface area contributed by atoms with Crippen molar-refractivity contribution in [2.75, 3.05) is 0 Å². The van der Waals surface area contributed by atoms with E-state index in [-0.39, 0.29) is 5.69 Å². The average Bonchev–Trinajstić information content (AvgIpc) is 2.59. The highest BCUT2D eigenvalue weighted by molar-refractivity contribution is 5.76. The lowest BCUT2D eigenvalue weighted by Gasteiger charge is -2.19. The smallest absolute Gasteiger partial charge is 0.311 e. The van der Waals surface area contributed by atoms with Gasteiger partial charge in [0.1, 0.15) is 0 Å². The van der Waals surface area contributed by atoms with E-state index in [4.69, 9.17) is 0 Å². The summed E-state index contributed by atoms with van der Waals surface area (Å²) in [6, 6.07) is 12.1. The van der Waals surface area contributed by atoms with Gasteiger partial charge in [0.15, 0.2) is 0 Å². The number of carboxylic acids is 1. The predicted molar refractivity (Wildman–Crippen MR) is 90.3 cm³/mol. The largest absolute Gasteiger partial charge is 0.481 e. The monoisotopic (exact) mass is 325 g/mol. The fraction of sp³-hybridized carbons (Fsp3) is 0.316. The van der Waals surface area contributed by atoms with Crippen LogP contribution in [0, 0.1) is 10.1 Å². The lowest BCUT2D eigenvalue weighted by atomic mass is 9.85. The van der Waals surface area contributed by atoms with E-state index < -0.39 is 16.8 Å². The van der Waals surface area contributed by atoms with Gasteiger partial charge in [-0.05, 0) is 54.4 Å². The number of rotatable bonds is 5. The molecule has 0 amide bonds. The summed E-state index contributed by atoms with van der Waals surface area (Å²) in [7, 11) is 0. The molecule has 5 nitrogen and oxygen atoms in total. The minimum Gasteiger partial charge on any atom is -0.481 e. The summed E-state index contributed by atoms with van der Waals surface area (Å²) in [6.07, 6.45) is 4.74. The highest BCUT2D eigenvalue weighted by Crippen LogP contribution is 2.28. The maximum absolute atomic E-state index is 11.7. The molecule has 2 aromatic carbocycles. The van der Waals surface area contributed by atoms with E-state index in [0.717, 1.165) is 30.4 Å². The standard InChI is InChI=1S/C19H19NO4/c21-19(22)18(11-13-5-9-17(10-6-13)20(23)24)16-8-7-14-3-1-2-4-15(14)12-16/h5-10,12,18H,1-4,11H2,(H,21,22). The molecule has 1 N–H and O–H groups in total. The molecule has 0 saturated heterocycles. The maximum Gasteiger partial charge on any atom is 0.311 e. The molecule has 0 spiro atoms. The third-order valence-electron chi connectivity index (χ3n) is 4.66. The van der Waals surface area contributed by atoms with Crippen LogP contribution in [-0.2, 0) is 24.1 Å². The Morgan fingerprint density at radius 1 is 1.08 bits per heavy atom. The van der Waals surface area contributed by atoms with Crippen LogP contribution in [-0.4, -0.2) is 16.0 Å². The first-order valence-electron chi connectivity index (χ1n) is 8.12. The molecule has 24 heavy (non-hydrogen) atoms. The van der Waals surface area contributed by atoms with Gasteiger partial charge in [0.2, 0.25) is 0 Å². The number of fused-ring (bicyclic) bond motifs is 1. The molecule has 0 aromatic heterocycles. The van der Waals surface area contributed by atoms with Gasteiger partial charge in [-0.15, -0.1) is 0 Å². The highest BCUT2D eigenvalue weighted by atomic mass is 16.6.